The normalized spacial score (nSPS) is 21.4. The van der Waals surface area contributed by atoms with Crippen molar-refractivity contribution in [1.82, 2.24) is 9.88 Å². The van der Waals surface area contributed by atoms with E-state index in [4.69, 9.17) is 4.74 Å². The zero-order valence-electron chi connectivity index (χ0n) is 15.0. The Balaban J connectivity index is 1.71. The molecule has 0 spiro atoms. The summed E-state index contributed by atoms with van der Waals surface area (Å²) in [7, 11) is 0. The number of alkyl halides is 1. The van der Waals surface area contributed by atoms with Crippen molar-refractivity contribution in [2.45, 2.75) is 32.0 Å². The highest BCUT2D eigenvalue weighted by Crippen LogP contribution is 2.31. The van der Waals surface area contributed by atoms with Crippen molar-refractivity contribution in [3.63, 3.8) is 0 Å². The van der Waals surface area contributed by atoms with Gasteiger partial charge < -0.3 is 15.0 Å². The molecule has 0 aliphatic carbocycles. The van der Waals surface area contributed by atoms with Crippen LogP contribution in [-0.4, -0.2) is 47.7 Å². The first-order chi connectivity index (χ1) is 13.0. The van der Waals surface area contributed by atoms with E-state index in [1.807, 2.05) is 13.0 Å². The lowest BCUT2D eigenvalue weighted by molar-refractivity contribution is 0.0774. The Bertz CT molecular complexity index is 857. The number of benzene rings is 1. The van der Waals surface area contributed by atoms with Gasteiger partial charge in [0.15, 0.2) is 0 Å². The van der Waals surface area contributed by atoms with Crippen LogP contribution < -0.4 is 10.1 Å². The van der Waals surface area contributed by atoms with E-state index in [1.165, 1.54) is 17.0 Å². The molecule has 2 aliphatic heterocycles. The zero-order valence-corrected chi connectivity index (χ0v) is 15.0. The van der Waals surface area contributed by atoms with Crippen LogP contribution in [0, 0.1) is 5.82 Å². The van der Waals surface area contributed by atoms with Crippen molar-refractivity contribution < 1.29 is 18.3 Å². The summed E-state index contributed by atoms with van der Waals surface area (Å²) in [5, 5.41) is 3.31. The van der Waals surface area contributed by atoms with E-state index >= 15 is 0 Å². The van der Waals surface area contributed by atoms with E-state index in [9.17, 15) is 13.6 Å². The number of rotatable bonds is 3. The number of likely N-dealkylation sites (tertiary alicyclic amines) is 1. The van der Waals surface area contributed by atoms with Crippen molar-refractivity contribution >= 4 is 11.6 Å². The number of fused-ring (bicyclic) bond motifs is 1. The molecule has 2 aromatic rings. The predicted molar refractivity (Wildman–Crippen MR) is 97.4 cm³/mol. The topological polar surface area (TPSA) is 54.5 Å². The van der Waals surface area contributed by atoms with Crippen LogP contribution >= 0.6 is 0 Å². The van der Waals surface area contributed by atoms with E-state index in [2.05, 4.69) is 10.3 Å². The molecule has 4 rings (SSSR count). The van der Waals surface area contributed by atoms with Gasteiger partial charge in [-0.2, -0.15) is 0 Å². The van der Waals surface area contributed by atoms with E-state index in [1.54, 1.807) is 12.1 Å². The van der Waals surface area contributed by atoms with Crippen LogP contribution in [-0.2, 0) is 6.42 Å². The average Bonchev–Trinajstić information content (AvgIpc) is 3.09. The van der Waals surface area contributed by atoms with Crippen LogP contribution in [0.15, 0.2) is 30.3 Å². The molecular weight excluding hydrogens is 352 g/mol. The second kappa shape index (κ2) is 7.13. The number of hydrogen-bond acceptors (Lipinski definition) is 4. The van der Waals surface area contributed by atoms with E-state index in [-0.39, 0.29) is 30.0 Å². The maximum absolute atomic E-state index is 13.6. The van der Waals surface area contributed by atoms with Crippen LogP contribution in [0.4, 0.5) is 14.5 Å². The minimum Gasteiger partial charge on any atom is -0.474 e. The van der Waals surface area contributed by atoms with Gasteiger partial charge in [-0.3, -0.25) is 4.79 Å². The Hall–Kier alpha value is -2.70. The van der Waals surface area contributed by atoms with Gasteiger partial charge in [0.2, 0.25) is 5.88 Å². The molecule has 0 unspecified atom stereocenters. The van der Waals surface area contributed by atoms with Gasteiger partial charge in [-0.1, -0.05) is 12.1 Å². The minimum atomic E-state index is -0.995. The highest BCUT2D eigenvalue weighted by Gasteiger charge is 2.30. The van der Waals surface area contributed by atoms with Gasteiger partial charge in [-0.25, -0.2) is 13.8 Å². The van der Waals surface area contributed by atoms with Crippen molar-refractivity contribution in [2.24, 2.45) is 0 Å². The molecule has 0 bridgehead atoms. The Kier molecular flexibility index (Phi) is 4.68. The van der Waals surface area contributed by atoms with E-state index < -0.39 is 6.17 Å². The van der Waals surface area contributed by atoms with Gasteiger partial charge in [0.1, 0.15) is 24.3 Å². The predicted octanol–water partition coefficient (Wildman–Crippen LogP) is 3.19. The Morgan fingerprint density at radius 1 is 1.37 bits per heavy atom. The fourth-order valence-electron chi connectivity index (χ4n) is 3.46. The van der Waals surface area contributed by atoms with Gasteiger partial charge in [-0.15, -0.1) is 0 Å². The summed E-state index contributed by atoms with van der Waals surface area (Å²) in [5.74, 6) is -0.221. The van der Waals surface area contributed by atoms with Gasteiger partial charge in [0, 0.05) is 6.54 Å². The van der Waals surface area contributed by atoms with Gasteiger partial charge in [0.25, 0.3) is 5.91 Å². The molecule has 1 amide bonds. The zero-order chi connectivity index (χ0) is 19.0. The number of amides is 1. The third kappa shape index (κ3) is 3.72. The van der Waals surface area contributed by atoms with Gasteiger partial charge >= 0.3 is 0 Å². The van der Waals surface area contributed by atoms with Gasteiger partial charge in [-0.05, 0) is 49.1 Å². The standard InChI is InChI=1S/C20H21F2N3O2/c1-12-11-27-19-17(23-12)9-14(8-13-2-4-15(21)5-3-13)18(24-19)20(26)25-7-6-16(22)10-25/h2-5,9,12,16,23H,6-8,10-11H2,1H3/t12-,16-/m0/s1. The molecule has 7 heteroatoms. The van der Waals surface area contributed by atoms with Crippen LogP contribution in [0.1, 0.15) is 35.0 Å². The van der Waals surface area contributed by atoms with E-state index in [0.29, 0.717) is 37.4 Å². The number of nitrogens with one attached hydrogen (secondary N) is 1. The third-order valence-electron chi connectivity index (χ3n) is 4.87. The largest absolute Gasteiger partial charge is 0.474 e. The van der Waals surface area contributed by atoms with E-state index in [0.717, 1.165) is 11.3 Å². The van der Waals surface area contributed by atoms with Crippen molar-refractivity contribution in [2.75, 3.05) is 25.0 Å². The number of ether oxygens (including phenoxy) is 1. The molecule has 1 saturated heterocycles. The molecule has 5 nitrogen and oxygen atoms in total. The second-order valence-electron chi connectivity index (χ2n) is 7.15. The van der Waals surface area contributed by atoms with Crippen LogP contribution in [0.25, 0.3) is 0 Å². The summed E-state index contributed by atoms with van der Waals surface area (Å²) in [6, 6.07) is 8.13. The lowest BCUT2D eigenvalue weighted by Gasteiger charge is -2.26. The van der Waals surface area contributed by atoms with Crippen LogP contribution in [0.5, 0.6) is 5.88 Å². The summed E-state index contributed by atoms with van der Waals surface area (Å²) in [6.07, 6.45) is -0.227. The monoisotopic (exact) mass is 373 g/mol. The Morgan fingerprint density at radius 2 is 2.15 bits per heavy atom. The third-order valence-corrected chi connectivity index (χ3v) is 4.87. The van der Waals surface area contributed by atoms with Crippen LogP contribution in [0.3, 0.4) is 0 Å². The van der Waals surface area contributed by atoms with Gasteiger partial charge in [0.05, 0.1) is 18.3 Å². The number of halogens is 2. The summed E-state index contributed by atoms with van der Waals surface area (Å²) < 4.78 is 32.4. The number of nitrogens with zero attached hydrogens (tertiary/aromatic N) is 2. The molecular formula is C20H21F2N3O2. The molecule has 142 valence electrons. The first-order valence-corrected chi connectivity index (χ1v) is 9.10. The maximum Gasteiger partial charge on any atom is 0.273 e. The number of hydrogen-bond donors (Lipinski definition) is 1. The Labute approximate surface area is 156 Å². The molecule has 1 fully saturated rings. The molecule has 27 heavy (non-hydrogen) atoms. The molecule has 0 saturated carbocycles. The Morgan fingerprint density at radius 3 is 2.85 bits per heavy atom. The number of carbonyl (C=O) groups is 1. The summed E-state index contributed by atoms with van der Waals surface area (Å²) >= 11 is 0. The SMILES string of the molecule is C[C@H]1COc2nc(C(=O)N3CC[C@H](F)C3)c(Cc3ccc(F)cc3)cc2N1. The second-order valence-corrected chi connectivity index (χ2v) is 7.15. The summed E-state index contributed by atoms with van der Waals surface area (Å²) in [4.78, 5) is 18.9. The minimum absolute atomic E-state index is 0.0870. The molecule has 2 aliphatic rings. The molecule has 3 heterocycles. The molecule has 2 atom stereocenters. The van der Waals surface area contributed by atoms with Crippen molar-refractivity contribution in [3.05, 3.63) is 53.0 Å². The summed E-state index contributed by atoms with van der Waals surface area (Å²) in [6.45, 7) is 2.92. The number of anilines is 1. The highest BCUT2D eigenvalue weighted by molar-refractivity contribution is 5.95. The molecule has 1 N–H and O–H groups in total. The van der Waals surface area contributed by atoms with Crippen molar-refractivity contribution in [1.29, 1.82) is 0 Å². The number of pyridine rings is 1. The summed E-state index contributed by atoms with van der Waals surface area (Å²) in [5.41, 5.74) is 2.57. The first-order valence-electron chi connectivity index (χ1n) is 9.10. The number of aromatic nitrogens is 1. The molecule has 1 aromatic heterocycles. The molecule has 0 radical (unpaired) electrons. The lowest BCUT2D eigenvalue weighted by atomic mass is 10.0. The molecule has 1 aromatic carbocycles. The quantitative estimate of drug-likeness (QED) is 0.898. The van der Waals surface area contributed by atoms with Crippen molar-refractivity contribution in [3.8, 4) is 5.88 Å². The number of carbonyl (C=O) groups excluding carboxylic acids is 1. The highest BCUT2D eigenvalue weighted by atomic mass is 19.1. The average molecular weight is 373 g/mol. The van der Waals surface area contributed by atoms with Crippen LogP contribution in [0.2, 0.25) is 0 Å². The fraction of sp³-hybridized carbons (Fsp3) is 0.400. The lowest BCUT2D eigenvalue weighted by Crippen LogP contribution is -2.33. The fourth-order valence-corrected chi connectivity index (χ4v) is 3.46. The smallest absolute Gasteiger partial charge is 0.273 e. The maximum atomic E-state index is 13.6. The first kappa shape index (κ1) is 17.7.